The van der Waals surface area contributed by atoms with Crippen molar-refractivity contribution in [3.05, 3.63) is 0 Å². The second kappa shape index (κ2) is 4.29. The molecular formula is C9H14N2O4. The number of carbonyl (C=O) groups is 3. The Bertz CT molecular complexity index is 300. The molecular weight excluding hydrogens is 200 g/mol. The van der Waals surface area contributed by atoms with Gasteiger partial charge in [-0.25, -0.2) is 0 Å². The Morgan fingerprint density at radius 2 is 1.93 bits per heavy atom. The standard InChI is InChI=1S/C9H14N2O4/c1-11(2)7(12)4-10-8(13)5-3-6(5)9(14)15/h5-6H,3-4H2,1-2H3,(H,10,13)(H,14,15)/t5-,6+/m1/s1. The molecule has 0 bridgehead atoms. The van der Waals surface area contributed by atoms with Crippen LogP contribution >= 0.6 is 0 Å². The van der Waals surface area contributed by atoms with Gasteiger partial charge in [-0.1, -0.05) is 0 Å². The number of carbonyl (C=O) groups excluding carboxylic acids is 2. The second-order valence-electron chi connectivity index (χ2n) is 3.79. The number of nitrogens with zero attached hydrogens (tertiary/aromatic N) is 1. The van der Waals surface area contributed by atoms with Gasteiger partial charge in [-0.05, 0) is 6.42 Å². The van der Waals surface area contributed by atoms with Crippen LogP contribution in [0.25, 0.3) is 0 Å². The molecule has 6 nitrogen and oxygen atoms in total. The van der Waals surface area contributed by atoms with Crippen LogP contribution in [0.4, 0.5) is 0 Å². The molecule has 1 saturated carbocycles. The van der Waals surface area contributed by atoms with Crippen molar-refractivity contribution in [3.63, 3.8) is 0 Å². The molecule has 0 aromatic heterocycles. The first-order valence-corrected chi connectivity index (χ1v) is 4.64. The molecule has 2 amide bonds. The van der Waals surface area contributed by atoms with Crippen LogP contribution < -0.4 is 5.32 Å². The van der Waals surface area contributed by atoms with Crippen molar-refractivity contribution >= 4 is 17.8 Å². The summed E-state index contributed by atoms with van der Waals surface area (Å²) in [5, 5.41) is 11.0. The minimum absolute atomic E-state index is 0.0747. The summed E-state index contributed by atoms with van der Waals surface area (Å²) in [6, 6.07) is 0. The average Bonchev–Trinajstić information content (AvgIpc) is 2.92. The van der Waals surface area contributed by atoms with Gasteiger partial charge in [0.2, 0.25) is 11.8 Å². The number of amides is 2. The lowest BCUT2D eigenvalue weighted by atomic mass is 10.3. The third kappa shape index (κ3) is 2.93. The van der Waals surface area contributed by atoms with Crippen molar-refractivity contribution < 1.29 is 19.5 Å². The van der Waals surface area contributed by atoms with Crippen molar-refractivity contribution in [2.75, 3.05) is 20.6 Å². The maximum absolute atomic E-state index is 11.3. The highest BCUT2D eigenvalue weighted by atomic mass is 16.4. The monoisotopic (exact) mass is 214 g/mol. The van der Waals surface area contributed by atoms with Crippen LogP contribution in [-0.2, 0) is 14.4 Å². The molecule has 1 aliphatic rings. The van der Waals surface area contributed by atoms with E-state index in [2.05, 4.69) is 5.32 Å². The lowest BCUT2D eigenvalue weighted by Gasteiger charge is -2.10. The summed E-state index contributed by atoms with van der Waals surface area (Å²) in [5.41, 5.74) is 0. The largest absolute Gasteiger partial charge is 0.481 e. The average molecular weight is 214 g/mol. The van der Waals surface area contributed by atoms with E-state index in [1.165, 1.54) is 4.90 Å². The van der Waals surface area contributed by atoms with E-state index in [0.29, 0.717) is 6.42 Å². The molecule has 0 spiro atoms. The molecule has 1 fully saturated rings. The number of aliphatic carboxylic acids is 1. The lowest BCUT2D eigenvalue weighted by molar-refractivity contribution is -0.140. The Balaban J connectivity index is 2.27. The van der Waals surface area contributed by atoms with Crippen LogP contribution in [0.1, 0.15) is 6.42 Å². The number of hydrogen-bond donors (Lipinski definition) is 2. The first-order valence-electron chi connectivity index (χ1n) is 4.64. The highest BCUT2D eigenvalue weighted by Gasteiger charge is 2.48. The molecule has 0 aromatic rings. The molecule has 2 atom stereocenters. The fraction of sp³-hybridized carbons (Fsp3) is 0.667. The van der Waals surface area contributed by atoms with Crippen LogP contribution in [0.5, 0.6) is 0 Å². The van der Waals surface area contributed by atoms with E-state index >= 15 is 0 Å². The fourth-order valence-corrected chi connectivity index (χ4v) is 1.21. The lowest BCUT2D eigenvalue weighted by Crippen LogP contribution is -2.37. The molecule has 1 aliphatic carbocycles. The summed E-state index contributed by atoms with van der Waals surface area (Å²) in [5.74, 6) is -2.54. The van der Waals surface area contributed by atoms with Crippen molar-refractivity contribution in [2.24, 2.45) is 11.8 Å². The van der Waals surface area contributed by atoms with Gasteiger partial charge in [0.05, 0.1) is 18.4 Å². The van der Waals surface area contributed by atoms with Gasteiger partial charge in [0.25, 0.3) is 0 Å². The van der Waals surface area contributed by atoms with Gasteiger partial charge in [-0.2, -0.15) is 0 Å². The van der Waals surface area contributed by atoms with E-state index in [9.17, 15) is 14.4 Å². The molecule has 15 heavy (non-hydrogen) atoms. The molecule has 84 valence electrons. The Morgan fingerprint density at radius 3 is 2.33 bits per heavy atom. The first kappa shape index (κ1) is 11.5. The first-order chi connectivity index (χ1) is 6.93. The minimum atomic E-state index is -0.950. The van der Waals surface area contributed by atoms with E-state index in [1.54, 1.807) is 14.1 Å². The van der Waals surface area contributed by atoms with E-state index in [0.717, 1.165) is 0 Å². The third-order valence-electron chi connectivity index (χ3n) is 2.36. The van der Waals surface area contributed by atoms with Gasteiger partial charge >= 0.3 is 5.97 Å². The van der Waals surface area contributed by atoms with Gasteiger partial charge in [-0.3, -0.25) is 14.4 Å². The van der Waals surface area contributed by atoms with Gasteiger partial charge in [0.15, 0.2) is 0 Å². The Labute approximate surface area is 87.2 Å². The molecule has 0 aliphatic heterocycles. The highest BCUT2D eigenvalue weighted by Crippen LogP contribution is 2.38. The van der Waals surface area contributed by atoms with Crippen molar-refractivity contribution in [1.29, 1.82) is 0 Å². The number of nitrogens with one attached hydrogen (secondary N) is 1. The van der Waals surface area contributed by atoms with E-state index in [4.69, 9.17) is 5.11 Å². The topological polar surface area (TPSA) is 86.7 Å². The maximum atomic E-state index is 11.3. The number of carboxylic acids is 1. The summed E-state index contributed by atoms with van der Waals surface area (Å²) in [6.45, 7) is -0.0747. The highest BCUT2D eigenvalue weighted by molar-refractivity contribution is 5.91. The fourth-order valence-electron chi connectivity index (χ4n) is 1.21. The number of hydrogen-bond acceptors (Lipinski definition) is 3. The van der Waals surface area contributed by atoms with Gasteiger partial charge < -0.3 is 15.3 Å². The van der Waals surface area contributed by atoms with E-state index in [-0.39, 0.29) is 18.4 Å². The summed E-state index contributed by atoms with van der Waals surface area (Å²) in [6.07, 6.45) is 0.372. The SMILES string of the molecule is CN(C)C(=O)CNC(=O)[C@@H]1C[C@@H]1C(=O)O. The number of rotatable bonds is 4. The zero-order valence-corrected chi connectivity index (χ0v) is 8.69. The maximum Gasteiger partial charge on any atom is 0.307 e. The van der Waals surface area contributed by atoms with E-state index in [1.807, 2.05) is 0 Å². The quantitative estimate of drug-likeness (QED) is 0.622. The smallest absolute Gasteiger partial charge is 0.307 e. The van der Waals surface area contributed by atoms with Gasteiger partial charge in [-0.15, -0.1) is 0 Å². The zero-order valence-electron chi connectivity index (χ0n) is 8.69. The molecule has 0 saturated heterocycles. The molecule has 0 radical (unpaired) electrons. The second-order valence-corrected chi connectivity index (χ2v) is 3.79. The predicted molar refractivity (Wildman–Crippen MR) is 50.9 cm³/mol. The third-order valence-corrected chi connectivity index (χ3v) is 2.36. The van der Waals surface area contributed by atoms with Crippen LogP contribution in [0.2, 0.25) is 0 Å². The number of likely N-dealkylation sites (N-methyl/N-ethyl adjacent to an activating group) is 1. The van der Waals surface area contributed by atoms with Crippen LogP contribution in [0.15, 0.2) is 0 Å². The van der Waals surface area contributed by atoms with Crippen molar-refractivity contribution in [2.45, 2.75) is 6.42 Å². The Hall–Kier alpha value is -1.59. The van der Waals surface area contributed by atoms with E-state index < -0.39 is 17.8 Å². The van der Waals surface area contributed by atoms with Crippen LogP contribution in [0, 0.1) is 11.8 Å². The van der Waals surface area contributed by atoms with Gasteiger partial charge in [0, 0.05) is 14.1 Å². The van der Waals surface area contributed by atoms with Crippen LogP contribution in [-0.4, -0.2) is 48.4 Å². The molecule has 0 aromatic carbocycles. The van der Waals surface area contributed by atoms with Crippen molar-refractivity contribution in [3.8, 4) is 0 Å². The summed E-state index contributed by atoms with van der Waals surface area (Å²) in [7, 11) is 3.18. The summed E-state index contributed by atoms with van der Waals surface area (Å²) < 4.78 is 0. The van der Waals surface area contributed by atoms with Crippen LogP contribution in [0.3, 0.4) is 0 Å². The summed E-state index contributed by atoms with van der Waals surface area (Å²) >= 11 is 0. The molecule has 0 unspecified atom stereocenters. The number of carboxylic acid groups (broad SMARTS) is 1. The normalized spacial score (nSPS) is 23.1. The Morgan fingerprint density at radius 1 is 1.33 bits per heavy atom. The zero-order chi connectivity index (χ0) is 11.6. The molecule has 0 heterocycles. The molecule has 1 rings (SSSR count). The van der Waals surface area contributed by atoms with Crippen molar-refractivity contribution in [1.82, 2.24) is 10.2 Å². The molecule has 6 heteroatoms. The predicted octanol–water partition coefficient (Wildman–Crippen LogP) is -1.09. The summed E-state index contributed by atoms with van der Waals surface area (Å²) in [4.78, 5) is 34.2. The minimum Gasteiger partial charge on any atom is -0.481 e. The van der Waals surface area contributed by atoms with Gasteiger partial charge in [0.1, 0.15) is 0 Å². The molecule has 2 N–H and O–H groups in total. The Kier molecular flexibility index (Phi) is 3.28.